The summed E-state index contributed by atoms with van der Waals surface area (Å²) in [6.07, 6.45) is 0. The van der Waals surface area contributed by atoms with Crippen LogP contribution in [-0.4, -0.2) is 29.5 Å². The summed E-state index contributed by atoms with van der Waals surface area (Å²) in [5.41, 5.74) is 0. The van der Waals surface area contributed by atoms with Crippen molar-refractivity contribution in [3.63, 3.8) is 0 Å². The van der Waals surface area contributed by atoms with Crippen molar-refractivity contribution >= 4 is 11.8 Å². The Morgan fingerprint density at radius 1 is 1.29 bits per heavy atom. The summed E-state index contributed by atoms with van der Waals surface area (Å²) in [7, 11) is 3.82. The van der Waals surface area contributed by atoms with Gasteiger partial charge < -0.3 is 4.90 Å². The van der Waals surface area contributed by atoms with Crippen LogP contribution in [0.5, 0.6) is 0 Å². The van der Waals surface area contributed by atoms with Crippen LogP contribution in [0.25, 0.3) is 0 Å². The van der Waals surface area contributed by atoms with Crippen molar-refractivity contribution in [3.8, 4) is 0 Å². The number of hydrogen-bond donors (Lipinski definition) is 0. The number of thioether (sulfide) groups is 1. The molecule has 0 saturated carbocycles. The first-order valence-electron chi connectivity index (χ1n) is 2.53. The van der Waals surface area contributed by atoms with E-state index in [0.717, 1.165) is 0 Å². The van der Waals surface area contributed by atoms with Crippen LogP contribution in [0.15, 0.2) is 0 Å². The van der Waals surface area contributed by atoms with Gasteiger partial charge in [0.2, 0.25) is 0 Å². The summed E-state index contributed by atoms with van der Waals surface area (Å²) in [4.78, 5) is 2.12. The molecule has 1 aliphatic rings. The van der Waals surface area contributed by atoms with Crippen LogP contribution in [0, 0.1) is 7.05 Å². The van der Waals surface area contributed by atoms with E-state index in [4.69, 9.17) is 0 Å². The molecule has 0 spiro atoms. The van der Waals surface area contributed by atoms with E-state index < -0.39 is 0 Å². The lowest BCUT2D eigenvalue weighted by molar-refractivity contribution is 0.411. The van der Waals surface area contributed by atoms with Crippen molar-refractivity contribution in [1.82, 2.24) is 4.90 Å². The molecule has 1 saturated heterocycles. The molecule has 1 heterocycles. The molecule has 0 aliphatic carbocycles. The first kappa shape index (κ1) is 5.45. The molecule has 0 aromatic carbocycles. The standard InChI is InChI=1S/C5H10NS/c1-6-2-4-7-5-3-6/h1-5H2/q-1. The van der Waals surface area contributed by atoms with Crippen LogP contribution >= 0.6 is 11.8 Å². The van der Waals surface area contributed by atoms with Crippen molar-refractivity contribution in [2.24, 2.45) is 0 Å². The molecule has 1 nitrogen and oxygen atoms in total. The highest BCUT2D eigenvalue weighted by atomic mass is 32.2. The Balaban J connectivity index is 2.12. The fourth-order valence-electron chi connectivity index (χ4n) is 0.601. The molecule has 1 aliphatic heterocycles. The van der Waals surface area contributed by atoms with Gasteiger partial charge in [-0.2, -0.15) is 11.8 Å². The lowest BCUT2D eigenvalue weighted by Crippen LogP contribution is -2.26. The van der Waals surface area contributed by atoms with Gasteiger partial charge in [0, 0.05) is 11.5 Å². The quantitative estimate of drug-likeness (QED) is 0.431. The lowest BCUT2D eigenvalue weighted by Gasteiger charge is -2.28. The molecule has 7 heavy (non-hydrogen) atoms. The van der Waals surface area contributed by atoms with Gasteiger partial charge in [0.1, 0.15) is 0 Å². The zero-order valence-electron chi connectivity index (χ0n) is 4.39. The lowest BCUT2D eigenvalue weighted by atomic mass is 10.6. The van der Waals surface area contributed by atoms with E-state index >= 15 is 0 Å². The second kappa shape index (κ2) is 2.58. The van der Waals surface area contributed by atoms with Crippen LogP contribution in [-0.2, 0) is 0 Å². The van der Waals surface area contributed by atoms with Crippen LogP contribution in [0.3, 0.4) is 0 Å². The summed E-state index contributed by atoms with van der Waals surface area (Å²) in [5, 5.41) is 0. The van der Waals surface area contributed by atoms with Gasteiger partial charge in [-0.15, -0.1) is 0 Å². The van der Waals surface area contributed by atoms with Gasteiger partial charge in [-0.05, 0) is 13.1 Å². The summed E-state index contributed by atoms with van der Waals surface area (Å²) in [6, 6.07) is 0. The second-order valence-corrected chi connectivity index (χ2v) is 2.96. The molecule has 0 radical (unpaired) electrons. The SMILES string of the molecule is [CH2-]N1CCSCC1. The molecule has 42 valence electrons. The molecular formula is C5H10NS-. The van der Waals surface area contributed by atoms with Gasteiger partial charge >= 0.3 is 0 Å². The van der Waals surface area contributed by atoms with Crippen molar-refractivity contribution in [2.45, 2.75) is 0 Å². The molecular weight excluding hydrogens is 106 g/mol. The van der Waals surface area contributed by atoms with Crippen LogP contribution in [0.1, 0.15) is 0 Å². The zero-order chi connectivity index (χ0) is 5.11. The van der Waals surface area contributed by atoms with E-state index in [1.54, 1.807) is 0 Å². The number of hydrogen-bond acceptors (Lipinski definition) is 2. The first-order valence-corrected chi connectivity index (χ1v) is 3.68. The van der Waals surface area contributed by atoms with Gasteiger partial charge in [0.05, 0.1) is 0 Å². The second-order valence-electron chi connectivity index (χ2n) is 1.73. The topological polar surface area (TPSA) is 3.24 Å². The zero-order valence-corrected chi connectivity index (χ0v) is 5.21. The van der Waals surface area contributed by atoms with Crippen molar-refractivity contribution in [3.05, 3.63) is 7.05 Å². The Kier molecular flexibility index (Phi) is 2.00. The third-order valence-electron chi connectivity index (χ3n) is 1.10. The van der Waals surface area contributed by atoms with E-state index in [0.29, 0.717) is 0 Å². The minimum atomic E-state index is 1.17. The van der Waals surface area contributed by atoms with Gasteiger partial charge in [-0.1, -0.05) is 0 Å². The Labute approximate surface area is 49.1 Å². The highest BCUT2D eigenvalue weighted by Crippen LogP contribution is 2.06. The Morgan fingerprint density at radius 2 is 1.86 bits per heavy atom. The molecule has 1 fully saturated rings. The van der Waals surface area contributed by atoms with Crippen LogP contribution in [0.4, 0.5) is 0 Å². The molecule has 0 unspecified atom stereocenters. The van der Waals surface area contributed by atoms with E-state index in [1.807, 2.05) is 11.8 Å². The Bertz CT molecular complexity index is 50.0. The third-order valence-corrected chi connectivity index (χ3v) is 2.05. The van der Waals surface area contributed by atoms with Crippen molar-refractivity contribution in [1.29, 1.82) is 0 Å². The maximum absolute atomic E-state index is 3.82. The van der Waals surface area contributed by atoms with E-state index in [-0.39, 0.29) is 0 Å². The molecule has 1 rings (SSSR count). The molecule has 0 N–H and O–H groups in total. The van der Waals surface area contributed by atoms with Gasteiger partial charge in [0.25, 0.3) is 0 Å². The first-order chi connectivity index (χ1) is 3.39. The molecule has 2 heteroatoms. The maximum Gasteiger partial charge on any atom is 0.00368 e. The van der Waals surface area contributed by atoms with Crippen LogP contribution in [0.2, 0.25) is 0 Å². The third kappa shape index (κ3) is 1.70. The highest BCUT2D eigenvalue weighted by Gasteiger charge is 1.97. The predicted molar refractivity (Wildman–Crippen MR) is 34.3 cm³/mol. The monoisotopic (exact) mass is 116 g/mol. The Morgan fingerprint density at radius 3 is 2.14 bits per heavy atom. The average molecular weight is 116 g/mol. The van der Waals surface area contributed by atoms with Crippen molar-refractivity contribution in [2.75, 3.05) is 24.6 Å². The van der Waals surface area contributed by atoms with E-state index in [2.05, 4.69) is 11.9 Å². The van der Waals surface area contributed by atoms with Crippen LogP contribution < -0.4 is 0 Å². The summed E-state index contributed by atoms with van der Waals surface area (Å²) >= 11 is 2.02. The fourth-order valence-corrected chi connectivity index (χ4v) is 1.58. The molecule has 0 aromatic heterocycles. The predicted octanol–water partition coefficient (Wildman–Crippen LogP) is 0.827. The average Bonchev–Trinajstić information content (AvgIpc) is 1.69. The number of rotatable bonds is 0. The van der Waals surface area contributed by atoms with E-state index in [9.17, 15) is 0 Å². The molecule has 0 amide bonds. The van der Waals surface area contributed by atoms with E-state index in [1.165, 1.54) is 24.6 Å². The molecule has 0 bridgehead atoms. The largest absolute Gasteiger partial charge is 0.458 e. The molecule has 0 atom stereocenters. The van der Waals surface area contributed by atoms with Gasteiger partial charge in [0.15, 0.2) is 0 Å². The smallest absolute Gasteiger partial charge is 0.00368 e. The summed E-state index contributed by atoms with van der Waals surface area (Å²) < 4.78 is 0. The fraction of sp³-hybridized carbons (Fsp3) is 0.800. The highest BCUT2D eigenvalue weighted by molar-refractivity contribution is 7.99. The van der Waals surface area contributed by atoms with Gasteiger partial charge in [-0.25, -0.2) is 0 Å². The molecule has 0 aromatic rings. The Hall–Kier alpha value is 0.310. The number of nitrogens with zero attached hydrogens (tertiary/aromatic N) is 1. The van der Waals surface area contributed by atoms with Crippen molar-refractivity contribution < 1.29 is 0 Å². The normalized spacial score (nSPS) is 25.3. The minimum absolute atomic E-state index is 1.17. The summed E-state index contributed by atoms with van der Waals surface area (Å²) in [5.74, 6) is 2.53. The maximum atomic E-state index is 3.82. The summed E-state index contributed by atoms with van der Waals surface area (Å²) in [6.45, 7) is 2.34. The minimum Gasteiger partial charge on any atom is -0.458 e. The van der Waals surface area contributed by atoms with Gasteiger partial charge in [-0.3, -0.25) is 7.05 Å².